The molecular formula is C20H28N4O3. The van der Waals surface area contributed by atoms with Gasteiger partial charge in [0.05, 0.1) is 0 Å². The standard InChI is InChI=1S/C15H18N4O.C5H10O2/c1-2-13(11-17-7-1)3-4-15-18-14(19-20-15)10-12-5-8-16-9-6-12;1-5(2,3)7-4-6/h1-4,7,11-12,16H,5-6,8-10H2;4H,1-3H3/b4-3+;. The van der Waals surface area contributed by atoms with Crippen molar-refractivity contribution in [3.05, 3.63) is 41.8 Å². The van der Waals surface area contributed by atoms with Crippen LogP contribution in [-0.4, -0.2) is 40.3 Å². The Morgan fingerprint density at radius 1 is 1.30 bits per heavy atom. The third-order valence-electron chi connectivity index (χ3n) is 3.92. The van der Waals surface area contributed by atoms with E-state index in [0.717, 1.165) is 30.9 Å². The van der Waals surface area contributed by atoms with Gasteiger partial charge in [-0.1, -0.05) is 11.2 Å². The van der Waals surface area contributed by atoms with Crippen molar-refractivity contribution in [2.75, 3.05) is 13.1 Å². The molecule has 0 radical (unpaired) electrons. The first-order valence-corrected chi connectivity index (χ1v) is 9.19. The van der Waals surface area contributed by atoms with E-state index in [0.29, 0.717) is 18.3 Å². The Hall–Kier alpha value is -2.54. The number of rotatable bonds is 5. The second-order valence-corrected chi connectivity index (χ2v) is 7.39. The molecule has 7 heteroatoms. The molecule has 0 atom stereocenters. The molecule has 0 aromatic carbocycles. The Bertz CT molecular complexity index is 702. The van der Waals surface area contributed by atoms with Crippen LogP contribution in [0.3, 0.4) is 0 Å². The highest BCUT2D eigenvalue weighted by Gasteiger charge is 2.16. The van der Waals surface area contributed by atoms with Gasteiger partial charge in [0.1, 0.15) is 5.60 Å². The smallest absolute Gasteiger partial charge is 0.293 e. The van der Waals surface area contributed by atoms with Crippen LogP contribution in [0.15, 0.2) is 29.0 Å². The number of nitrogens with zero attached hydrogens (tertiary/aromatic N) is 3. The van der Waals surface area contributed by atoms with E-state index in [4.69, 9.17) is 4.52 Å². The van der Waals surface area contributed by atoms with Crippen LogP contribution in [0.2, 0.25) is 0 Å². The Kier molecular flexibility index (Phi) is 8.13. The maximum absolute atomic E-state index is 9.60. The van der Waals surface area contributed by atoms with Crippen LogP contribution in [0, 0.1) is 5.92 Å². The molecule has 0 aliphatic carbocycles. The largest absolute Gasteiger partial charge is 0.462 e. The minimum atomic E-state index is -0.318. The number of piperidine rings is 1. The molecule has 146 valence electrons. The first kappa shape index (κ1) is 20.8. The Labute approximate surface area is 160 Å². The second-order valence-electron chi connectivity index (χ2n) is 7.39. The van der Waals surface area contributed by atoms with Crippen LogP contribution < -0.4 is 5.32 Å². The third kappa shape index (κ3) is 8.59. The van der Waals surface area contributed by atoms with Gasteiger partial charge in [0.2, 0.25) is 0 Å². The van der Waals surface area contributed by atoms with Crippen LogP contribution in [0.4, 0.5) is 0 Å². The molecule has 0 amide bonds. The third-order valence-corrected chi connectivity index (χ3v) is 3.92. The van der Waals surface area contributed by atoms with Gasteiger partial charge in [-0.25, -0.2) is 0 Å². The number of hydrogen-bond acceptors (Lipinski definition) is 7. The highest BCUT2D eigenvalue weighted by molar-refractivity contribution is 5.65. The zero-order chi connectivity index (χ0) is 19.5. The summed E-state index contributed by atoms with van der Waals surface area (Å²) in [4.78, 5) is 18.1. The monoisotopic (exact) mass is 372 g/mol. The van der Waals surface area contributed by atoms with Crippen molar-refractivity contribution < 1.29 is 14.1 Å². The van der Waals surface area contributed by atoms with E-state index in [1.54, 1.807) is 12.4 Å². The highest BCUT2D eigenvalue weighted by atomic mass is 16.5. The van der Waals surface area contributed by atoms with E-state index in [9.17, 15) is 4.79 Å². The van der Waals surface area contributed by atoms with Crippen LogP contribution >= 0.6 is 0 Å². The molecule has 0 unspecified atom stereocenters. The molecule has 27 heavy (non-hydrogen) atoms. The predicted molar refractivity (Wildman–Crippen MR) is 104 cm³/mol. The number of pyridine rings is 1. The lowest BCUT2D eigenvalue weighted by atomic mass is 9.94. The van der Waals surface area contributed by atoms with Gasteiger partial charge in [-0.2, -0.15) is 4.98 Å². The molecule has 1 fully saturated rings. The normalized spacial score (nSPS) is 15.2. The molecule has 7 nitrogen and oxygen atoms in total. The Balaban J connectivity index is 0.000000321. The molecule has 1 N–H and O–H groups in total. The number of ether oxygens (including phenoxy) is 1. The SMILES string of the molecule is C(=C\c1nc(CC2CCNCC2)no1)/c1cccnc1.CC(C)(C)OC=O. The summed E-state index contributed by atoms with van der Waals surface area (Å²) >= 11 is 0. The van der Waals surface area contributed by atoms with Gasteiger partial charge in [-0.15, -0.1) is 0 Å². The topological polar surface area (TPSA) is 90.1 Å². The molecule has 3 rings (SSSR count). The van der Waals surface area contributed by atoms with Crippen molar-refractivity contribution in [1.82, 2.24) is 20.4 Å². The van der Waals surface area contributed by atoms with Crippen molar-refractivity contribution in [2.45, 2.75) is 45.6 Å². The van der Waals surface area contributed by atoms with Crippen LogP contribution in [0.25, 0.3) is 12.2 Å². The summed E-state index contributed by atoms with van der Waals surface area (Å²) in [6.07, 6.45) is 10.6. The summed E-state index contributed by atoms with van der Waals surface area (Å²) in [7, 11) is 0. The van der Waals surface area contributed by atoms with Crippen LogP contribution in [-0.2, 0) is 16.0 Å². The van der Waals surface area contributed by atoms with Crippen molar-refractivity contribution in [2.24, 2.45) is 5.92 Å². The average Bonchev–Trinajstić information content (AvgIpc) is 3.09. The first-order valence-electron chi connectivity index (χ1n) is 9.19. The number of carbonyl (C=O) groups is 1. The fraction of sp³-hybridized carbons (Fsp3) is 0.500. The van der Waals surface area contributed by atoms with E-state index in [2.05, 4.69) is 25.2 Å². The summed E-state index contributed by atoms with van der Waals surface area (Å²) in [5, 5.41) is 7.41. The zero-order valence-corrected chi connectivity index (χ0v) is 16.2. The van der Waals surface area contributed by atoms with Gasteiger partial charge in [-0.05, 0) is 70.3 Å². The number of carbonyl (C=O) groups excluding carboxylic acids is 1. The lowest BCUT2D eigenvalue weighted by Gasteiger charge is -2.20. The summed E-state index contributed by atoms with van der Waals surface area (Å²) in [6, 6.07) is 3.88. The van der Waals surface area contributed by atoms with Gasteiger partial charge in [0.25, 0.3) is 12.4 Å². The lowest BCUT2D eigenvalue weighted by Crippen LogP contribution is -2.28. The molecule has 3 heterocycles. The van der Waals surface area contributed by atoms with Gasteiger partial charge in [0, 0.05) is 24.9 Å². The summed E-state index contributed by atoms with van der Waals surface area (Å²) in [6.45, 7) is 8.11. The van der Waals surface area contributed by atoms with Gasteiger partial charge < -0.3 is 14.6 Å². The van der Waals surface area contributed by atoms with E-state index >= 15 is 0 Å². The highest BCUT2D eigenvalue weighted by Crippen LogP contribution is 2.16. The number of aromatic nitrogens is 3. The van der Waals surface area contributed by atoms with E-state index in [1.807, 2.05) is 45.1 Å². The van der Waals surface area contributed by atoms with Crippen molar-refractivity contribution in [3.8, 4) is 0 Å². The van der Waals surface area contributed by atoms with E-state index in [1.165, 1.54) is 12.8 Å². The molecule has 1 saturated heterocycles. The second kappa shape index (κ2) is 10.6. The van der Waals surface area contributed by atoms with Gasteiger partial charge >= 0.3 is 0 Å². The van der Waals surface area contributed by atoms with E-state index < -0.39 is 0 Å². The molecule has 0 spiro atoms. The Morgan fingerprint density at radius 3 is 2.67 bits per heavy atom. The maximum atomic E-state index is 9.60. The minimum Gasteiger partial charge on any atom is -0.462 e. The van der Waals surface area contributed by atoms with Crippen molar-refractivity contribution in [3.63, 3.8) is 0 Å². The zero-order valence-electron chi connectivity index (χ0n) is 16.2. The minimum absolute atomic E-state index is 0.318. The van der Waals surface area contributed by atoms with Crippen molar-refractivity contribution in [1.29, 1.82) is 0 Å². The molecule has 2 aromatic rings. The predicted octanol–water partition coefficient (Wildman–Crippen LogP) is 3.14. The van der Waals surface area contributed by atoms with Gasteiger partial charge in [0.15, 0.2) is 5.82 Å². The molecular weight excluding hydrogens is 344 g/mol. The maximum Gasteiger partial charge on any atom is 0.293 e. The lowest BCUT2D eigenvalue weighted by molar-refractivity contribution is -0.138. The summed E-state index contributed by atoms with van der Waals surface area (Å²) in [5.41, 5.74) is 0.701. The van der Waals surface area contributed by atoms with Crippen molar-refractivity contribution >= 4 is 18.6 Å². The van der Waals surface area contributed by atoms with Gasteiger partial charge in [-0.3, -0.25) is 9.78 Å². The fourth-order valence-corrected chi connectivity index (χ4v) is 2.55. The first-order chi connectivity index (χ1) is 13.0. The Morgan fingerprint density at radius 2 is 2.07 bits per heavy atom. The number of hydrogen-bond donors (Lipinski definition) is 1. The molecule has 1 aliphatic heterocycles. The summed E-state index contributed by atoms with van der Waals surface area (Å²) in [5.74, 6) is 2.03. The van der Waals surface area contributed by atoms with Crippen LogP contribution in [0.5, 0.6) is 0 Å². The molecule has 1 aliphatic rings. The fourth-order valence-electron chi connectivity index (χ4n) is 2.55. The molecule has 0 saturated carbocycles. The molecule has 0 bridgehead atoms. The number of nitrogens with one attached hydrogen (secondary N) is 1. The van der Waals surface area contributed by atoms with Crippen LogP contribution in [0.1, 0.15) is 50.9 Å². The summed E-state index contributed by atoms with van der Waals surface area (Å²) < 4.78 is 9.79. The molecule has 2 aromatic heterocycles. The average molecular weight is 372 g/mol. The van der Waals surface area contributed by atoms with E-state index in [-0.39, 0.29) is 5.60 Å². The quantitative estimate of drug-likeness (QED) is 0.806.